The lowest BCUT2D eigenvalue weighted by Crippen LogP contribution is -2.74. The maximum atomic E-state index is 10.6. The van der Waals surface area contributed by atoms with E-state index in [2.05, 4.69) is 39.1 Å². The van der Waals surface area contributed by atoms with Crippen LogP contribution in [-0.2, 0) is 0 Å². The minimum absolute atomic E-state index is 0.145. The highest BCUT2D eigenvalue weighted by atomic mass is 32.2. The van der Waals surface area contributed by atoms with Gasteiger partial charge in [0.25, 0.3) is 0 Å². The normalized spacial score (nSPS) is 41.5. The Labute approximate surface area is 127 Å². The number of hydroxylamine groups is 2. The van der Waals surface area contributed by atoms with Crippen LogP contribution < -0.4 is 0 Å². The van der Waals surface area contributed by atoms with Gasteiger partial charge in [-0.3, -0.25) is 0 Å². The molecule has 0 bridgehead atoms. The molecule has 17 heavy (non-hydrogen) atoms. The third kappa shape index (κ3) is 2.17. The molecule has 1 saturated heterocycles. The van der Waals surface area contributed by atoms with Gasteiger partial charge in [-0.2, -0.15) is 55.6 Å². The highest BCUT2D eigenvalue weighted by Crippen LogP contribution is 2.59. The molecule has 0 aromatic carbocycles. The SMILES string of the molecule is CC1(CS)CC(C)(C)C(S)(S)C(C)(CS)N1O. The summed E-state index contributed by atoms with van der Waals surface area (Å²) in [7, 11) is 0. The van der Waals surface area contributed by atoms with E-state index in [1.54, 1.807) is 0 Å². The summed E-state index contributed by atoms with van der Waals surface area (Å²) in [5.41, 5.74) is -1.16. The molecule has 1 aliphatic heterocycles. The van der Waals surface area contributed by atoms with Crippen LogP contribution in [0, 0.1) is 5.41 Å². The van der Waals surface area contributed by atoms with E-state index < -0.39 is 9.62 Å². The molecule has 102 valence electrons. The average molecular weight is 314 g/mol. The van der Waals surface area contributed by atoms with Crippen molar-refractivity contribution in [2.45, 2.75) is 49.3 Å². The molecular formula is C11H23NOS4. The van der Waals surface area contributed by atoms with Crippen LogP contribution in [0.5, 0.6) is 0 Å². The Morgan fingerprint density at radius 2 is 1.53 bits per heavy atom. The Morgan fingerprint density at radius 1 is 1.06 bits per heavy atom. The molecule has 1 aliphatic rings. The number of piperidine rings is 1. The van der Waals surface area contributed by atoms with Gasteiger partial charge in [0.2, 0.25) is 0 Å². The lowest BCUT2D eigenvalue weighted by Gasteiger charge is -2.64. The molecule has 0 aromatic rings. The quantitative estimate of drug-likeness (QED) is 0.400. The molecule has 1 N–H and O–H groups in total. The third-order valence-corrected chi connectivity index (χ3v) is 7.62. The van der Waals surface area contributed by atoms with E-state index in [-0.39, 0.29) is 11.0 Å². The number of nitrogens with zero attached hydrogens (tertiary/aromatic N) is 1. The van der Waals surface area contributed by atoms with Gasteiger partial charge in [0.15, 0.2) is 0 Å². The molecule has 0 radical (unpaired) electrons. The second kappa shape index (κ2) is 4.70. The first-order chi connectivity index (χ1) is 7.48. The van der Waals surface area contributed by atoms with E-state index in [0.29, 0.717) is 11.5 Å². The van der Waals surface area contributed by atoms with Crippen molar-refractivity contribution in [1.82, 2.24) is 5.06 Å². The van der Waals surface area contributed by atoms with E-state index in [4.69, 9.17) is 25.3 Å². The first-order valence-electron chi connectivity index (χ1n) is 5.64. The minimum atomic E-state index is -0.640. The van der Waals surface area contributed by atoms with Gasteiger partial charge in [-0.05, 0) is 25.7 Å². The van der Waals surface area contributed by atoms with Gasteiger partial charge in [-0.1, -0.05) is 13.8 Å². The Morgan fingerprint density at radius 3 is 1.88 bits per heavy atom. The molecule has 6 heteroatoms. The third-order valence-electron chi connectivity index (χ3n) is 4.14. The van der Waals surface area contributed by atoms with Crippen LogP contribution in [-0.4, -0.2) is 36.9 Å². The summed E-state index contributed by atoms with van der Waals surface area (Å²) < 4.78 is -0.640. The van der Waals surface area contributed by atoms with Crippen molar-refractivity contribution in [1.29, 1.82) is 0 Å². The summed E-state index contributed by atoms with van der Waals surface area (Å²) in [5.74, 6) is 1.05. The average Bonchev–Trinajstić information content (AvgIpc) is 2.24. The molecule has 1 rings (SSSR count). The molecule has 0 amide bonds. The first-order valence-corrected chi connectivity index (χ1v) is 7.80. The van der Waals surface area contributed by atoms with E-state index >= 15 is 0 Å². The molecule has 1 heterocycles. The Balaban J connectivity index is 3.35. The first kappa shape index (κ1) is 16.4. The lowest BCUT2D eigenvalue weighted by atomic mass is 9.66. The van der Waals surface area contributed by atoms with E-state index in [9.17, 15) is 5.21 Å². The molecule has 1 fully saturated rings. The molecule has 0 aromatic heterocycles. The van der Waals surface area contributed by atoms with Crippen molar-refractivity contribution in [2.24, 2.45) is 5.41 Å². The maximum Gasteiger partial charge on any atom is 0.0814 e. The predicted octanol–water partition coefficient (Wildman–Crippen LogP) is 3.04. The van der Waals surface area contributed by atoms with E-state index in [0.717, 1.165) is 6.42 Å². The Kier molecular flexibility index (Phi) is 4.53. The molecule has 2 unspecified atom stereocenters. The summed E-state index contributed by atoms with van der Waals surface area (Å²) in [6.07, 6.45) is 0.774. The van der Waals surface area contributed by atoms with Gasteiger partial charge >= 0.3 is 0 Å². The largest absolute Gasteiger partial charge is 0.313 e. The zero-order valence-corrected chi connectivity index (χ0v) is 14.4. The van der Waals surface area contributed by atoms with Gasteiger partial charge < -0.3 is 5.21 Å². The standard InChI is InChI=1S/C11H23NOS4/c1-8(2)5-9(3,6-14)12(13)10(4,7-15)11(8,16)17/h13-17H,5-7H2,1-4H3. The zero-order chi connectivity index (χ0) is 13.7. The zero-order valence-electron chi connectivity index (χ0n) is 10.8. The second-order valence-corrected chi connectivity index (χ2v) is 8.46. The number of thiol groups is 4. The highest BCUT2D eigenvalue weighted by Gasteiger charge is 2.64. The van der Waals surface area contributed by atoms with Gasteiger partial charge in [0, 0.05) is 11.5 Å². The van der Waals surface area contributed by atoms with Gasteiger partial charge in [0.1, 0.15) is 0 Å². The van der Waals surface area contributed by atoms with Gasteiger partial charge in [-0.15, -0.1) is 0 Å². The van der Waals surface area contributed by atoms with Crippen molar-refractivity contribution >= 4 is 50.5 Å². The molecule has 2 atom stereocenters. The predicted molar refractivity (Wildman–Crippen MR) is 87.2 cm³/mol. The van der Waals surface area contributed by atoms with Crippen molar-refractivity contribution in [3.8, 4) is 0 Å². The minimum Gasteiger partial charge on any atom is -0.313 e. The molecule has 0 aliphatic carbocycles. The van der Waals surface area contributed by atoms with E-state index in [1.165, 1.54) is 5.06 Å². The smallest absolute Gasteiger partial charge is 0.0814 e. The summed E-state index contributed by atoms with van der Waals surface area (Å²) >= 11 is 18.2. The van der Waals surface area contributed by atoms with Gasteiger partial charge in [-0.25, -0.2) is 0 Å². The van der Waals surface area contributed by atoms with Crippen molar-refractivity contribution in [3.63, 3.8) is 0 Å². The molecular weight excluding hydrogens is 290 g/mol. The fraction of sp³-hybridized carbons (Fsp3) is 1.00. The van der Waals surface area contributed by atoms with Crippen LogP contribution >= 0.6 is 50.5 Å². The van der Waals surface area contributed by atoms with Crippen LogP contribution in [0.3, 0.4) is 0 Å². The van der Waals surface area contributed by atoms with Crippen molar-refractivity contribution < 1.29 is 5.21 Å². The van der Waals surface area contributed by atoms with Crippen molar-refractivity contribution in [3.05, 3.63) is 0 Å². The molecule has 0 spiro atoms. The van der Waals surface area contributed by atoms with Crippen LogP contribution in [0.25, 0.3) is 0 Å². The topological polar surface area (TPSA) is 23.5 Å². The van der Waals surface area contributed by atoms with E-state index in [1.807, 2.05) is 13.8 Å². The van der Waals surface area contributed by atoms with Crippen LogP contribution in [0.4, 0.5) is 0 Å². The highest BCUT2D eigenvalue weighted by molar-refractivity contribution is 8.00. The van der Waals surface area contributed by atoms with Crippen LogP contribution in [0.15, 0.2) is 0 Å². The Bertz CT molecular complexity index is 307. The maximum absolute atomic E-state index is 10.6. The van der Waals surface area contributed by atoms with Crippen LogP contribution in [0.1, 0.15) is 34.1 Å². The summed E-state index contributed by atoms with van der Waals surface area (Å²) in [5, 5.41) is 11.9. The molecule has 2 nitrogen and oxygen atoms in total. The summed E-state index contributed by atoms with van der Waals surface area (Å²) in [6.45, 7) is 8.22. The number of rotatable bonds is 2. The fourth-order valence-corrected chi connectivity index (χ4v) is 4.29. The lowest BCUT2D eigenvalue weighted by molar-refractivity contribution is -0.258. The fourth-order valence-electron chi connectivity index (χ4n) is 2.92. The number of hydrogen-bond donors (Lipinski definition) is 5. The number of hydrogen-bond acceptors (Lipinski definition) is 6. The van der Waals surface area contributed by atoms with Crippen molar-refractivity contribution in [2.75, 3.05) is 11.5 Å². The van der Waals surface area contributed by atoms with Crippen LogP contribution in [0.2, 0.25) is 0 Å². The summed E-state index contributed by atoms with van der Waals surface area (Å²) in [4.78, 5) is 0. The van der Waals surface area contributed by atoms with Gasteiger partial charge in [0.05, 0.1) is 15.2 Å². The Hall–Kier alpha value is 1.32. The monoisotopic (exact) mass is 313 g/mol. The summed E-state index contributed by atoms with van der Waals surface area (Å²) in [6, 6.07) is 0. The molecule has 0 saturated carbocycles. The second-order valence-electron chi connectivity index (χ2n) is 6.13.